The summed E-state index contributed by atoms with van der Waals surface area (Å²) in [5.41, 5.74) is 1.16. The molecule has 0 amide bonds. The largest absolute Gasteiger partial charge is 0.430 e. The van der Waals surface area contributed by atoms with Crippen molar-refractivity contribution in [2.24, 2.45) is 0 Å². The molecule has 0 unspecified atom stereocenters. The van der Waals surface area contributed by atoms with Gasteiger partial charge in [0.15, 0.2) is 3.92 Å². The summed E-state index contributed by atoms with van der Waals surface area (Å²) < 4.78 is 6.22. The first kappa shape index (κ1) is 9.61. The summed E-state index contributed by atoms with van der Waals surface area (Å²) in [6, 6.07) is 7.81. The van der Waals surface area contributed by atoms with Crippen LogP contribution in [0, 0.1) is 6.92 Å². The van der Waals surface area contributed by atoms with Crippen LogP contribution in [0.4, 0.5) is 0 Å². The van der Waals surface area contributed by atoms with E-state index in [1.54, 1.807) is 0 Å². The molecule has 0 fully saturated rings. The standard InChI is InChI=1S/C9H7BrN2OS/c1-6-3-2-4-7(5-6)13-9-12-11-8(10)14-9/h2-5H,1H3. The fourth-order valence-corrected chi connectivity index (χ4v) is 1.95. The molecule has 0 bridgehead atoms. The second kappa shape index (κ2) is 4.06. The van der Waals surface area contributed by atoms with Crippen molar-refractivity contribution in [2.45, 2.75) is 6.92 Å². The van der Waals surface area contributed by atoms with Crippen molar-refractivity contribution in [3.05, 3.63) is 33.7 Å². The smallest absolute Gasteiger partial charge is 0.300 e. The van der Waals surface area contributed by atoms with E-state index in [4.69, 9.17) is 4.74 Å². The molecule has 0 aliphatic rings. The Morgan fingerprint density at radius 2 is 2.21 bits per heavy atom. The third kappa shape index (κ3) is 2.30. The summed E-state index contributed by atoms with van der Waals surface area (Å²) in [7, 11) is 0. The molecule has 0 aliphatic heterocycles. The maximum atomic E-state index is 5.49. The summed E-state index contributed by atoms with van der Waals surface area (Å²) in [5.74, 6) is 0.786. The molecule has 2 aromatic rings. The topological polar surface area (TPSA) is 35.0 Å². The Balaban J connectivity index is 2.18. The predicted octanol–water partition coefficient (Wildman–Crippen LogP) is 3.40. The van der Waals surface area contributed by atoms with E-state index in [9.17, 15) is 0 Å². The summed E-state index contributed by atoms with van der Waals surface area (Å²) in [5, 5.41) is 8.18. The Hall–Kier alpha value is -0.940. The van der Waals surface area contributed by atoms with E-state index in [-0.39, 0.29) is 0 Å². The number of ether oxygens (including phenoxy) is 1. The van der Waals surface area contributed by atoms with Crippen LogP contribution < -0.4 is 4.74 Å². The van der Waals surface area contributed by atoms with Crippen molar-refractivity contribution in [1.82, 2.24) is 10.2 Å². The molecule has 72 valence electrons. The molecular weight excluding hydrogens is 264 g/mol. The molecule has 0 saturated carbocycles. The lowest BCUT2D eigenvalue weighted by atomic mass is 10.2. The maximum absolute atomic E-state index is 5.49. The summed E-state index contributed by atoms with van der Waals surface area (Å²) >= 11 is 4.59. The van der Waals surface area contributed by atoms with Crippen LogP contribution in [-0.2, 0) is 0 Å². The van der Waals surface area contributed by atoms with Gasteiger partial charge in [0.25, 0.3) is 5.19 Å². The van der Waals surface area contributed by atoms with Crippen molar-refractivity contribution in [1.29, 1.82) is 0 Å². The lowest BCUT2D eigenvalue weighted by Gasteiger charge is -2.00. The summed E-state index contributed by atoms with van der Waals surface area (Å²) in [4.78, 5) is 0. The van der Waals surface area contributed by atoms with Crippen LogP contribution in [0.25, 0.3) is 0 Å². The highest BCUT2D eigenvalue weighted by Gasteiger charge is 2.03. The minimum absolute atomic E-state index is 0.544. The molecule has 5 heteroatoms. The monoisotopic (exact) mass is 270 g/mol. The van der Waals surface area contributed by atoms with Gasteiger partial charge in [-0.05, 0) is 51.9 Å². The van der Waals surface area contributed by atoms with Gasteiger partial charge in [0.1, 0.15) is 5.75 Å². The van der Waals surface area contributed by atoms with Crippen LogP contribution in [0.2, 0.25) is 0 Å². The van der Waals surface area contributed by atoms with Gasteiger partial charge in [-0.25, -0.2) is 0 Å². The normalized spacial score (nSPS) is 10.1. The van der Waals surface area contributed by atoms with Gasteiger partial charge < -0.3 is 4.74 Å². The molecule has 0 aliphatic carbocycles. The highest BCUT2D eigenvalue weighted by Crippen LogP contribution is 2.27. The molecule has 2 rings (SSSR count). The highest BCUT2D eigenvalue weighted by atomic mass is 79.9. The third-order valence-corrected chi connectivity index (χ3v) is 2.81. The Bertz CT molecular complexity index is 444. The van der Waals surface area contributed by atoms with Crippen molar-refractivity contribution < 1.29 is 4.74 Å². The fraction of sp³-hybridized carbons (Fsp3) is 0.111. The molecule has 1 aromatic carbocycles. The lowest BCUT2D eigenvalue weighted by Crippen LogP contribution is -1.83. The second-order valence-corrected chi connectivity index (χ2v) is 4.96. The van der Waals surface area contributed by atoms with E-state index in [1.807, 2.05) is 31.2 Å². The quantitative estimate of drug-likeness (QED) is 0.839. The minimum Gasteiger partial charge on any atom is -0.430 e. The van der Waals surface area contributed by atoms with Crippen LogP contribution in [0.3, 0.4) is 0 Å². The van der Waals surface area contributed by atoms with Gasteiger partial charge >= 0.3 is 0 Å². The van der Waals surface area contributed by atoms with Crippen LogP contribution in [0.1, 0.15) is 5.56 Å². The van der Waals surface area contributed by atoms with Gasteiger partial charge in [0, 0.05) is 0 Å². The Morgan fingerprint density at radius 3 is 2.86 bits per heavy atom. The lowest BCUT2D eigenvalue weighted by molar-refractivity contribution is 0.473. The first-order valence-electron chi connectivity index (χ1n) is 3.97. The zero-order valence-electron chi connectivity index (χ0n) is 7.40. The van der Waals surface area contributed by atoms with Gasteiger partial charge in [0.05, 0.1) is 0 Å². The minimum atomic E-state index is 0.544. The zero-order valence-corrected chi connectivity index (χ0v) is 9.80. The second-order valence-electron chi connectivity index (χ2n) is 2.74. The van der Waals surface area contributed by atoms with Crippen LogP contribution in [0.5, 0.6) is 10.9 Å². The Morgan fingerprint density at radius 1 is 1.36 bits per heavy atom. The number of aryl methyl sites for hydroxylation is 1. The first-order chi connectivity index (χ1) is 6.74. The number of hydrogen-bond acceptors (Lipinski definition) is 4. The average Bonchev–Trinajstić information content (AvgIpc) is 2.51. The molecule has 0 atom stereocenters. The Labute approximate surface area is 93.9 Å². The number of rotatable bonds is 2. The van der Waals surface area contributed by atoms with Crippen LogP contribution in [0.15, 0.2) is 28.2 Å². The average molecular weight is 271 g/mol. The maximum Gasteiger partial charge on any atom is 0.300 e. The van der Waals surface area contributed by atoms with Gasteiger partial charge in [-0.15, -0.1) is 5.10 Å². The zero-order chi connectivity index (χ0) is 9.97. The molecule has 1 heterocycles. The molecule has 0 radical (unpaired) electrons. The van der Waals surface area contributed by atoms with Crippen LogP contribution >= 0.6 is 27.3 Å². The molecule has 0 spiro atoms. The number of hydrogen-bond donors (Lipinski definition) is 0. The fourth-order valence-electron chi connectivity index (χ4n) is 1.01. The van der Waals surface area contributed by atoms with Crippen molar-refractivity contribution in [2.75, 3.05) is 0 Å². The number of benzene rings is 1. The van der Waals surface area contributed by atoms with Gasteiger partial charge in [-0.1, -0.05) is 17.2 Å². The van der Waals surface area contributed by atoms with E-state index in [0.717, 1.165) is 15.2 Å². The van der Waals surface area contributed by atoms with E-state index in [1.165, 1.54) is 11.3 Å². The SMILES string of the molecule is Cc1cccc(Oc2nnc(Br)s2)c1. The molecule has 1 aromatic heterocycles. The summed E-state index contributed by atoms with van der Waals surface area (Å²) in [6.07, 6.45) is 0. The van der Waals surface area contributed by atoms with E-state index in [0.29, 0.717) is 5.19 Å². The van der Waals surface area contributed by atoms with Crippen molar-refractivity contribution in [3.8, 4) is 10.9 Å². The Kier molecular flexibility index (Phi) is 2.79. The molecule has 3 nitrogen and oxygen atoms in total. The van der Waals surface area contributed by atoms with E-state index < -0.39 is 0 Å². The number of nitrogens with zero attached hydrogens (tertiary/aromatic N) is 2. The van der Waals surface area contributed by atoms with Crippen molar-refractivity contribution >= 4 is 27.3 Å². The first-order valence-corrected chi connectivity index (χ1v) is 5.58. The van der Waals surface area contributed by atoms with E-state index >= 15 is 0 Å². The van der Waals surface area contributed by atoms with Gasteiger partial charge in [-0.3, -0.25) is 0 Å². The highest BCUT2D eigenvalue weighted by molar-refractivity contribution is 9.11. The molecule has 0 N–H and O–H groups in total. The number of aromatic nitrogens is 2. The van der Waals surface area contributed by atoms with E-state index in [2.05, 4.69) is 26.1 Å². The number of halogens is 1. The molecular formula is C9H7BrN2OS. The van der Waals surface area contributed by atoms with Crippen molar-refractivity contribution in [3.63, 3.8) is 0 Å². The van der Waals surface area contributed by atoms with Crippen LogP contribution in [-0.4, -0.2) is 10.2 Å². The van der Waals surface area contributed by atoms with Gasteiger partial charge in [-0.2, -0.15) is 0 Å². The third-order valence-electron chi connectivity index (χ3n) is 1.58. The predicted molar refractivity (Wildman–Crippen MR) is 58.9 cm³/mol. The molecule has 14 heavy (non-hydrogen) atoms. The molecule has 0 saturated heterocycles. The summed E-state index contributed by atoms with van der Waals surface area (Å²) in [6.45, 7) is 2.02. The van der Waals surface area contributed by atoms with Gasteiger partial charge in [0.2, 0.25) is 0 Å².